The number of aromatic nitrogens is 1. The second-order valence-corrected chi connectivity index (χ2v) is 2.77. The lowest BCUT2D eigenvalue weighted by Gasteiger charge is -1.92. The Morgan fingerprint density at radius 3 is 3.00 bits per heavy atom. The zero-order chi connectivity index (χ0) is 7.84. The fraction of sp³-hybridized carbons (Fsp3) is 0. The molecule has 0 amide bonds. The highest BCUT2D eigenvalue weighted by Crippen LogP contribution is 2.21. The fourth-order valence-corrected chi connectivity index (χ4v) is 1.31. The smallest absolute Gasteiger partial charge is 0.148 e. The van der Waals surface area contributed by atoms with Crippen molar-refractivity contribution in [2.24, 2.45) is 0 Å². The molecular formula is C8H5ClFN. The van der Waals surface area contributed by atoms with Gasteiger partial charge in [0.25, 0.3) is 0 Å². The lowest BCUT2D eigenvalue weighted by atomic mass is 10.2. The van der Waals surface area contributed by atoms with Crippen LogP contribution in [0.1, 0.15) is 0 Å². The summed E-state index contributed by atoms with van der Waals surface area (Å²) in [6.45, 7) is 0. The van der Waals surface area contributed by atoms with Crippen LogP contribution in [0.25, 0.3) is 10.9 Å². The molecule has 0 aliphatic rings. The quantitative estimate of drug-likeness (QED) is 0.624. The molecule has 0 spiro atoms. The van der Waals surface area contributed by atoms with Crippen LogP contribution in [-0.4, -0.2) is 4.98 Å². The predicted molar refractivity (Wildman–Crippen MR) is 43.3 cm³/mol. The maximum absolute atomic E-state index is 13.0. The van der Waals surface area contributed by atoms with E-state index in [0.29, 0.717) is 10.5 Å². The van der Waals surface area contributed by atoms with Crippen molar-refractivity contribution in [3.05, 3.63) is 35.2 Å². The van der Waals surface area contributed by atoms with Crippen LogP contribution >= 0.6 is 11.6 Å². The minimum absolute atomic E-state index is 0.308. The molecule has 2 aromatic rings. The van der Waals surface area contributed by atoms with Gasteiger partial charge in [-0.3, -0.25) is 0 Å². The van der Waals surface area contributed by atoms with E-state index in [1.54, 1.807) is 18.3 Å². The van der Waals surface area contributed by atoms with Crippen LogP contribution < -0.4 is 0 Å². The van der Waals surface area contributed by atoms with Gasteiger partial charge >= 0.3 is 0 Å². The molecule has 1 N–H and O–H groups in total. The van der Waals surface area contributed by atoms with Gasteiger partial charge in [0.15, 0.2) is 0 Å². The van der Waals surface area contributed by atoms with Gasteiger partial charge in [0.1, 0.15) is 5.82 Å². The van der Waals surface area contributed by atoms with Crippen molar-refractivity contribution in [3.8, 4) is 0 Å². The van der Waals surface area contributed by atoms with Crippen LogP contribution in [0, 0.1) is 5.82 Å². The standard InChI is InChI=1S/C8H5ClFN/c9-6-3-5-1-2-11-8(5)7(10)4-6/h1-4,11H. The Morgan fingerprint density at radius 1 is 1.36 bits per heavy atom. The summed E-state index contributed by atoms with van der Waals surface area (Å²) in [7, 11) is 0. The summed E-state index contributed by atoms with van der Waals surface area (Å²) in [6, 6.07) is 4.79. The van der Waals surface area contributed by atoms with E-state index in [9.17, 15) is 4.39 Å². The van der Waals surface area contributed by atoms with Gasteiger partial charge in [0.2, 0.25) is 0 Å². The molecule has 0 unspecified atom stereocenters. The summed E-state index contributed by atoms with van der Waals surface area (Å²) in [5, 5.41) is 1.23. The molecule has 2 rings (SSSR count). The van der Waals surface area contributed by atoms with Crippen LogP contribution in [0.4, 0.5) is 4.39 Å². The molecule has 0 atom stereocenters. The first-order valence-electron chi connectivity index (χ1n) is 3.19. The van der Waals surface area contributed by atoms with E-state index in [1.807, 2.05) is 0 Å². The minimum Gasteiger partial charge on any atom is -0.359 e. The van der Waals surface area contributed by atoms with E-state index in [2.05, 4.69) is 4.98 Å². The minimum atomic E-state index is -0.308. The number of aromatic amines is 1. The normalized spacial score (nSPS) is 10.7. The van der Waals surface area contributed by atoms with E-state index in [-0.39, 0.29) is 5.82 Å². The second kappa shape index (κ2) is 2.24. The van der Waals surface area contributed by atoms with Crippen molar-refractivity contribution in [3.63, 3.8) is 0 Å². The van der Waals surface area contributed by atoms with Gasteiger partial charge in [-0.2, -0.15) is 0 Å². The van der Waals surface area contributed by atoms with Crippen LogP contribution in [0.5, 0.6) is 0 Å². The van der Waals surface area contributed by atoms with Crippen molar-refractivity contribution in [1.82, 2.24) is 4.98 Å². The van der Waals surface area contributed by atoms with E-state index in [0.717, 1.165) is 5.39 Å². The first-order valence-corrected chi connectivity index (χ1v) is 3.57. The highest BCUT2D eigenvalue weighted by molar-refractivity contribution is 6.31. The Hall–Kier alpha value is -1.02. The molecule has 0 bridgehead atoms. The SMILES string of the molecule is Fc1cc(Cl)cc2cc[nH]c12. The molecule has 0 aliphatic carbocycles. The largest absolute Gasteiger partial charge is 0.359 e. The zero-order valence-electron chi connectivity index (χ0n) is 5.57. The molecule has 0 aliphatic heterocycles. The number of hydrogen-bond donors (Lipinski definition) is 1. The third-order valence-electron chi connectivity index (χ3n) is 1.58. The van der Waals surface area contributed by atoms with Crippen LogP contribution in [0.3, 0.4) is 0 Å². The average Bonchev–Trinajstić information content (AvgIpc) is 2.34. The Bertz CT molecular complexity index is 394. The third kappa shape index (κ3) is 0.994. The number of halogens is 2. The van der Waals surface area contributed by atoms with Crippen molar-refractivity contribution < 1.29 is 4.39 Å². The van der Waals surface area contributed by atoms with Crippen molar-refractivity contribution in [2.45, 2.75) is 0 Å². The number of hydrogen-bond acceptors (Lipinski definition) is 0. The molecule has 11 heavy (non-hydrogen) atoms. The molecule has 0 radical (unpaired) electrons. The van der Waals surface area contributed by atoms with Crippen molar-refractivity contribution >= 4 is 22.5 Å². The molecule has 1 heterocycles. The summed E-state index contributed by atoms with van der Waals surface area (Å²) < 4.78 is 13.0. The maximum atomic E-state index is 13.0. The summed E-state index contributed by atoms with van der Waals surface area (Å²) in [5.41, 5.74) is 0.509. The van der Waals surface area contributed by atoms with E-state index in [4.69, 9.17) is 11.6 Å². The van der Waals surface area contributed by atoms with Gasteiger partial charge in [-0.1, -0.05) is 11.6 Å². The lowest BCUT2D eigenvalue weighted by Crippen LogP contribution is -1.76. The Kier molecular flexibility index (Phi) is 1.36. The fourth-order valence-electron chi connectivity index (χ4n) is 1.09. The average molecular weight is 170 g/mol. The second-order valence-electron chi connectivity index (χ2n) is 2.33. The topological polar surface area (TPSA) is 15.8 Å². The van der Waals surface area contributed by atoms with Crippen LogP contribution in [0.2, 0.25) is 5.02 Å². The highest BCUT2D eigenvalue weighted by Gasteiger charge is 2.01. The van der Waals surface area contributed by atoms with Crippen LogP contribution in [0.15, 0.2) is 24.4 Å². The van der Waals surface area contributed by atoms with Gasteiger partial charge in [0.05, 0.1) is 5.52 Å². The van der Waals surface area contributed by atoms with Crippen molar-refractivity contribution in [1.29, 1.82) is 0 Å². The predicted octanol–water partition coefficient (Wildman–Crippen LogP) is 2.96. The Morgan fingerprint density at radius 2 is 2.18 bits per heavy atom. The Labute approximate surface area is 67.8 Å². The number of fused-ring (bicyclic) bond motifs is 1. The number of nitrogens with one attached hydrogen (secondary N) is 1. The van der Waals surface area contributed by atoms with Gasteiger partial charge in [-0.05, 0) is 18.2 Å². The van der Waals surface area contributed by atoms with Gasteiger partial charge in [0, 0.05) is 16.6 Å². The number of H-pyrrole nitrogens is 1. The third-order valence-corrected chi connectivity index (χ3v) is 1.79. The summed E-state index contributed by atoms with van der Waals surface area (Å²) in [4.78, 5) is 2.78. The first kappa shape index (κ1) is 6.68. The van der Waals surface area contributed by atoms with Crippen LogP contribution in [-0.2, 0) is 0 Å². The lowest BCUT2D eigenvalue weighted by molar-refractivity contribution is 0.637. The molecule has 0 fully saturated rings. The Balaban J connectivity index is 2.91. The summed E-state index contributed by atoms with van der Waals surface area (Å²) >= 11 is 5.63. The first-order chi connectivity index (χ1) is 5.27. The zero-order valence-corrected chi connectivity index (χ0v) is 6.32. The summed E-state index contributed by atoms with van der Waals surface area (Å²) in [6.07, 6.45) is 1.68. The molecule has 0 saturated heterocycles. The highest BCUT2D eigenvalue weighted by atomic mass is 35.5. The molecule has 56 valence electrons. The number of benzene rings is 1. The molecule has 1 nitrogen and oxygen atoms in total. The number of rotatable bonds is 0. The van der Waals surface area contributed by atoms with E-state index < -0.39 is 0 Å². The molecular weight excluding hydrogens is 165 g/mol. The van der Waals surface area contributed by atoms with Gasteiger partial charge in [-0.15, -0.1) is 0 Å². The maximum Gasteiger partial charge on any atom is 0.148 e. The molecule has 0 saturated carbocycles. The van der Waals surface area contributed by atoms with Gasteiger partial charge in [-0.25, -0.2) is 4.39 Å². The monoisotopic (exact) mass is 169 g/mol. The van der Waals surface area contributed by atoms with E-state index >= 15 is 0 Å². The molecule has 1 aromatic heterocycles. The van der Waals surface area contributed by atoms with Gasteiger partial charge < -0.3 is 4.98 Å². The molecule has 3 heteroatoms. The molecule has 1 aromatic carbocycles. The van der Waals surface area contributed by atoms with Crippen molar-refractivity contribution in [2.75, 3.05) is 0 Å². The van der Waals surface area contributed by atoms with E-state index in [1.165, 1.54) is 6.07 Å². The summed E-state index contributed by atoms with van der Waals surface area (Å²) in [5.74, 6) is -0.308.